The van der Waals surface area contributed by atoms with Crippen LogP contribution >= 0.6 is 0 Å². The van der Waals surface area contributed by atoms with Gasteiger partial charge in [-0.05, 0) is 35.7 Å². The van der Waals surface area contributed by atoms with E-state index in [2.05, 4.69) is 10.0 Å². The first kappa shape index (κ1) is 15.8. The highest BCUT2D eigenvalue weighted by molar-refractivity contribution is 7.90. The quantitative estimate of drug-likeness (QED) is 0.906. The molecule has 0 aromatic heterocycles. The molecule has 0 saturated heterocycles. The molecule has 2 aromatic carbocycles. The molecule has 2 aromatic rings. The summed E-state index contributed by atoms with van der Waals surface area (Å²) in [5, 5.41) is 4.53. The van der Waals surface area contributed by atoms with E-state index in [9.17, 15) is 13.2 Å². The Morgan fingerprint density at radius 1 is 0.957 bits per heavy atom. The summed E-state index contributed by atoms with van der Waals surface area (Å²) in [5.74, 6) is 0. The third kappa shape index (κ3) is 3.82. The van der Waals surface area contributed by atoms with Gasteiger partial charge in [-0.1, -0.05) is 49.6 Å². The van der Waals surface area contributed by atoms with Gasteiger partial charge in [-0.15, -0.1) is 0 Å². The minimum Gasteiger partial charge on any atom is -0.335 e. The minimum atomic E-state index is -3.86. The first-order valence-corrected chi connectivity index (χ1v) is 9.35. The van der Waals surface area contributed by atoms with Crippen LogP contribution in [-0.2, 0) is 10.0 Å². The SMILES string of the molecule is O=C(NC1CCCCC1)NS(=O)(=O)c1ccc2ccccc2c1. The number of fused-ring (bicyclic) bond motifs is 1. The zero-order valence-corrected chi connectivity index (χ0v) is 13.6. The zero-order valence-electron chi connectivity index (χ0n) is 12.8. The number of nitrogens with one attached hydrogen (secondary N) is 2. The molecule has 0 spiro atoms. The predicted molar refractivity (Wildman–Crippen MR) is 89.7 cm³/mol. The number of benzene rings is 2. The molecule has 0 bridgehead atoms. The molecule has 1 saturated carbocycles. The molecule has 0 aliphatic heterocycles. The number of amides is 2. The summed E-state index contributed by atoms with van der Waals surface area (Å²) in [6.45, 7) is 0. The van der Waals surface area contributed by atoms with Crippen LogP contribution in [0.3, 0.4) is 0 Å². The lowest BCUT2D eigenvalue weighted by Crippen LogP contribution is -2.45. The smallest absolute Gasteiger partial charge is 0.328 e. The second-order valence-corrected chi connectivity index (χ2v) is 7.61. The van der Waals surface area contributed by atoms with Crippen molar-refractivity contribution in [2.24, 2.45) is 0 Å². The molecular weight excluding hydrogens is 312 g/mol. The number of hydrogen-bond acceptors (Lipinski definition) is 3. The lowest BCUT2D eigenvalue weighted by Gasteiger charge is -2.22. The molecule has 0 heterocycles. The highest BCUT2D eigenvalue weighted by atomic mass is 32.2. The monoisotopic (exact) mass is 332 g/mol. The Kier molecular flexibility index (Phi) is 4.52. The van der Waals surface area contributed by atoms with Crippen LogP contribution in [0.2, 0.25) is 0 Å². The predicted octanol–water partition coefficient (Wildman–Crippen LogP) is 3.16. The van der Waals surface area contributed by atoms with E-state index in [1.54, 1.807) is 12.1 Å². The largest absolute Gasteiger partial charge is 0.335 e. The van der Waals surface area contributed by atoms with Gasteiger partial charge < -0.3 is 5.32 Å². The maximum absolute atomic E-state index is 12.4. The molecule has 0 unspecified atom stereocenters. The first-order chi connectivity index (χ1) is 11.0. The highest BCUT2D eigenvalue weighted by Crippen LogP contribution is 2.19. The third-order valence-electron chi connectivity index (χ3n) is 4.20. The second-order valence-electron chi connectivity index (χ2n) is 5.92. The van der Waals surface area contributed by atoms with Gasteiger partial charge >= 0.3 is 6.03 Å². The molecular formula is C17H20N2O3S. The lowest BCUT2D eigenvalue weighted by molar-refractivity contribution is 0.237. The van der Waals surface area contributed by atoms with Gasteiger partial charge in [-0.2, -0.15) is 0 Å². The van der Waals surface area contributed by atoms with Gasteiger partial charge in [0, 0.05) is 6.04 Å². The Labute approximate surface area is 136 Å². The van der Waals surface area contributed by atoms with Crippen molar-refractivity contribution < 1.29 is 13.2 Å². The van der Waals surface area contributed by atoms with Crippen LogP contribution in [0, 0.1) is 0 Å². The highest BCUT2D eigenvalue weighted by Gasteiger charge is 2.21. The van der Waals surface area contributed by atoms with E-state index in [0.29, 0.717) is 0 Å². The first-order valence-electron chi connectivity index (χ1n) is 7.87. The van der Waals surface area contributed by atoms with Gasteiger partial charge in [-0.3, -0.25) is 0 Å². The van der Waals surface area contributed by atoms with Crippen molar-refractivity contribution in [1.82, 2.24) is 10.0 Å². The van der Waals surface area contributed by atoms with Crippen molar-refractivity contribution in [2.45, 2.75) is 43.0 Å². The Hall–Kier alpha value is -2.08. The molecule has 122 valence electrons. The van der Waals surface area contributed by atoms with Crippen molar-refractivity contribution in [2.75, 3.05) is 0 Å². The molecule has 1 fully saturated rings. The molecule has 0 atom stereocenters. The molecule has 1 aliphatic rings. The van der Waals surface area contributed by atoms with E-state index < -0.39 is 16.1 Å². The molecule has 6 heteroatoms. The Balaban J connectivity index is 1.73. The molecule has 1 aliphatic carbocycles. The van der Waals surface area contributed by atoms with Gasteiger partial charge in [0.25, 0.3) is 10.0 Å². The van der Waals surface area contributed by atoms with Gasteiger partial charge in [0.15, 0.2) is 0 Å². The topological polar surface area (TPSA) is 75.3 Å². The van der Waals surface area contributed by atoms with Crippen molar-refractivity contribution in [3.63, 3.8) is 0 Å². The number of rotatable bonds is 3. The normalized spacial score (nSPS) is 16.2. The Morgan fingerprint density at radius 2 is 1.65 bits per heavy atom. The number of hydrogen-bond donors (Lipinski definition) is 2. The Morgan fingerprint density at radius 3 is 2.39 bits per heavy atom. The van der Waals surface area contributed by atoms with Crippen LogP contribution in [0.15, 0.2) is 47.4 Å². The fourth-order valence-corrected chi connectivity index (χ4v) is 3.93. The molecule has 3 rings (SSSR count). The number of carbonyl (C=O) groups excluding carboxylic acids is 1. The van der Waals surface area contributed by atoms with Crippen LogP contribution in [0.4, 0.5) is 4.79 Å². The van der Waals surface area contributed by atoms with Crippen molar-refractivity contribution in [1.29, 1.82) is 0 Å². The maximum Gasteiger partial charge on any atom is 0.328 e. The average Bonchev–Trinajstić information content (AvgIpc) is 2.54. The van der Waals surface area contributed by atoms with Crippen LogP contribution in [0.5, 0.6) is 0 Å². The van der Waals surface area contributed by atoms with Crippen LogP contribution in [0.1, 0.15) is 32.1 Å². The van der Waals surface area contributed by atoms with Gasteiger partial charge in [0.2, 0.25) is 0 Å². The fraction of sp³-hybridized carbons (Fsp3) is 0.353. The van der Waals surface area contributed by atoms with E-state index in [1.807, 2.05) is 24.3 Å². The van der Waals surface area contributed by atoms with E-state index >= 15 is 0 Å². The van der Waals surface area contributed by atoms with Crippen LogP contribution in [0.25, 0.3) is 10.8 Å². The molecule has 2 amide bonds. The summed E-state index contributed by atoms with van der Waals surface area (Å²) < 4.78 is 26.8. The van der Waals surface area contributed by atoms with E-state index in [4.69, 9.17) is 0 Å². The summed E-state index contributed by atoms with van der Waals surface area (Å²) in [6.07, 6.45) is 5.13. The van der Waals surface area contributed by atoms with Gasteiger partial charge in [0.05, 0.1) is 4.90 Å². The molecule has 5 nitrogen and oxygen atoms in total. The summed E-state index contributed by atoms with van der Waals surface area (Å²) in [7, 11) is -3.86. The molecule has 23 heavy (non-hydrogen) atoms. The zero-order chi connectivity index (χ0) is 16.3. The molecule has 0 radical (unpaired) electrons. The second kappa shape index (κ2) is 6.58. The van der Waals surface area contributed by atoms with E-state index in [1.165, 1.54) is 12.5 Å². The van der Waals surface area contributed by atoms with Crippen LogP contribution < -0.4 is 10.0 Å². The summed E-state index contributed by atoms with van der Waals surface area (Å²) >= 11 is 0. The summed E-state index contributed by atoms with van der Waals surface area (Å²) in [6, 6.07) is 11.7. The molecule has 2 N–H and O–H groups in total. The standard InChI is InChI=1S/C17H20N2O3S/c20-17(18-15-8-2-1-3-9-15)19-23(21,22)16-11-10-13-6-4-5-7-14(13)12-16/h4-7,10-12,15H,1-3,8-9H2,(H2,18,19,20). The van der Waals surface area contributed by atoms with Crippen LogP contribution in [-0.4, -0.2) is 20.5 Å². The maximum atomic E-state index is 12.4. The summed E-state index contributed by atoms with van der Waals surface area (Å²) in [4.78, 5) is 12.1. The van der Waals surface area contributed by atoms with Crippen molar-refractivity contribution >= 4 is 26.8 Å². The van der Waals surface area contributed by atoms with E-state index in [0.717, 1.165) is 36.5 Å². The van der Waals surface area contributed by atoms with Crippen molar-refractivity contribution in [3.05, 3.63) is 42.5 Å². The Bertz CT molecular complexity index is 811. The number of urea groups is 1. The van der Waals surface area contributed by atoms with E-state index in [-0.39, 0.29) is 10.9 Å². The van der Waals surface area contributed by atoms with Crippen molar-refractivity contribution in [3.8, 4) is 0 Å². The fourth-order valence-electron chi connectivity index (χ4n) is 2.98. The minimum absolute atomic E-state index is 0.0653. The number of carbonyl (C=O) groups is 1. The number of sulfonamides is 1. The van der Waals surface area contributed by atoms with Gasteiger partial charge in [-0.25, -0.2) is 17.9 Å². The summed E-state index contributed by atoms with van der Waals surface area (Å²) in [5.41, 5.74) is 0. The lowest BCUT2D eigenvalue weighted by atomic mass is 9.96. The van der Waals surface area contributed by atoms with Gasteiger partial charge in [0.1, 0.15) is 0 Å². The average molecular weight is 332 g/mol. The third-order valence-corrected chi connectivity index (χ3v) is 5.53.